The van der Waals surface area contributed by atoms with Crippen LogP contribution in [0.1, 0.15) is 51.4 Å². The van der Waals surface area contributed by atoms with Crippen LogP contribution in [0.5, 0.6) is 0 Å². The predicted octanol–water partition coefficient (Wildman–Crippen LogP) is 0.0652. The van der Waals surface area contributed by atoms with E-state index in [9.17, 15) is 10.2 Å². The van der Waals surface area contributed by atoms with Crippen molar-refractivity contribution in [3.63, 3.8) is 0 Å². The van der Waals surface area contributed by atoms with E-state index in [2.05, 4.69) is 0 Å². The summed E-state index contributed by atoms with van der Waals surface area (Å²) in [5.41, 5.74) is 12.2. The van der Waals surface area contributed by atoms with Crippen molar-refractivity contribution >= 4 is 0 Å². The Morgan fingerprint density at radius 3 is 1.57 bits per heavy atom. The molecule has 164 valence electrons. The number of hydrogen-bond acceptors (Lipinski definition) is 8. The molecular weight excluding hydrogens is 364 g/mol. The van der Waals surface area contributed by atoms with Gasteiger partial charge in [-0.3, -0.25) is 0 Å². The molecule has 0 amide bonds. The molecule has 6 N–H and O–H groups in total. The zero-order valence-corrected chi connectivity index (χ0v) is 16.8. The van der Waals surface area contributed by atoms with E-state index >= 15 is 0 Å². The third kappa shape index (κ3) is 6.34. The maximum absolute atomic E-state index is 10.6. The molecule has 0 spiro atoms. The largest absolute Gasteiger partial charge is 0.390 e. The zero-order valence-electron chi connectivity index (χ0n) is 16.8. The van der Waals surface area contributed by atoms with E-state index in [1.807, 2.05) is 0 Å². The molecule has 2 aliphatic carbocycles. The lowest BCUT2D eigenvalue weighted by Crippen LogP contribution is -2.51. The van der Waals surface area contributed by atoms with Gasteiger partial charge in [-0.15, -0.1) is 0 Å². The smallest absolute Gasteiger partial charge is 0.110 e. The third-order valence-corrected chi connectivity index (χ3v) is 6.04. The first-order valence-corrected chi connectivity index (χ1v) is 10.9. The fourth-order valence-electron chi connectivity index (χ4n) is 4.48. The lowest BCUT2D eigenvalue weighted by atomic mass is 9.88. The second kappa shape index (κ2) is 11.2. The number of aliphatic hydroxyl groups excluding tert-OH is 2. The molecule has 2 saturated carbocycles. The van der Waals surface area contributed by atoms with Crippen molar-refractivity contribution < 1.29 is 29.2 Å². The van der Waals surface area contributed by atoms with E-state index in [-0.39, 0.29) is 36.5 Å². The summed E-state index contributed by atoms with van der Waals surface area (Å²) >= 11 is 0. The van der Waals surface area contributed by atoms with Crippen LogP contribution in [0.4, 0.5) is 0 Å². The molecule has 2 bridgehead atoms. The van der Waals surface area contributed by atoms with Crippen LogP contribution in [0.2, 0.25) is 0 Å². The van der Waals surface area contributed by atoms with Crippen molar-refractivity contribution in [2.75, 3.05) is 26.4 Å². The van der Waals surface area contributed by atoms with Gasteiger partial charge in [-0.1, -0.05) is 0 Å². The molecular formula is C20H38N2O6. The molecule has 28 heavy (non-hydrogen) atoms. The molecule has 8 atom stereocenters. The Morgan fingerprint density at radius 1 is 0.571 bits per heavy atom. The molecule has 0 radical (unpaired) electrons. The first kappa shape index (κ1) is 22.4. The average Bonchev–Trinajstić information content (AvgIpc) is 2.64. The highest BCUT2D eigenvalue weighted by molar-refractivity contribution is 4.91. The molecule has 0 aromatic rings. The number of hydrogen-bond donors (Lipinski definition) is 4. The molecule has 1 saturated heterocycles. The molecule has 0 aromatic carbocycles. The van der Waals surface area contributed by atoms with Crippen LogP contribution >= 0.6 is 0 Å². The van der Waals surface area contributed by atoms with Crippen molar-refractivity contribution in [1.29, 1.82) is 0 Å². The summed E-state index contributed by atoms with van der Waals surface area (Å²) in [6.07, 6.45) is 3.58. The van der Waals surface area contributed by atoms with Crippen LogP contribution in [0.3, 0.4) is 0 Å². The molecule has 1 aliphatic heterocycles. The van der Waals surface area contributed by atoms with Gasteiger partial charge in [0, 0.05) is 38.5 Å². The van der Waals surface area contributed by atoms with Gasteiger partial charge < -0.3 is 40.6 Å². The number of rotatable bonds is 0. The second-order valence-electron chi connectivity index (χ2n) is 8.50. The third-order valence-electron chi connectivity index (χ3n) is 6.04. The molecule has 3 rings (SSSR count). The van der Waals surface area contributed by atoms with E-state index in [4.69, 9.17) is 30.4 Å². The van der Waals surface area contributed by atoms with Crippen LogP contribution in [0.15, 0.2) is 0 Å². The van der Waals surface area contributed by atoms with Gasteiger partial charge in [-0.25, -0.2) is 0 Å². The van der Waals surface area contributed by atoms with Crippen molar-refractivity contribution in [3.05, 3.63) is 0 Å². The van der Waals surface area contributed by atoms with E-state index in [0.717, 1.165) is 25.7 Å². The van der Waals surface area contributed by atoms with Crippen LogP contribution < -0.4 is 11.5 Å². The van der Waals surface area contributed by atoms with Crippen LogP contribution in [0, 0.1) is 0 Å². The maximum Gasteiger partial charge on any atom is 0.110 e. The second-order valence-corrected chi connectivity index (χ2v) is 8.50. The van der Waals surface area contributed by atoms with Crippen molar-refractivity contribution in [2.24, 2.45) is 11.5 Å². The normalized spacial score (nSPS) is 45.0. The first-order valence-electron chi connectivity index (χ1n) is 10.9. The summed E-state index contributed by atoms with van der Waals surface area (Å²) in [6.45, 7) is 2.21. The minimum atomic E-state index is -0.637. The standard InChI is InChI=1S/C20H38N2O6/c21-13-9-15(23)20-18(12-13)27-7-2-1-5-25-16-10-14(22)11-17(19(16)24)26-6-3-4-8-28-20/h13-20,23-24H,1-12,21-22H2/t13-,14?,15+,16+,17+,18+,19?,20+/m0/s1. The molecule has 1 heterocycles. The molecule has 8 heteroatoms. The minimum absolute atomic E-state index is 0.0130. The summed E-state index contributed by atoms with van der Waals surface area (Å²) in [7, 11) is 0. The highest BCUT2D eigenvalue weighted by atomic mass is 16.6. The Labute approximate surface area is 167 Å². The Balaban J connectivity index is 1.56. The van der Waals surface area contributed by atoms with Gasteiger partial charge in [0.25, 0.3) is 0 Å². The van der Waals surface area contributed by atoms with E-state index in [1.54, 1.807) is 0 Å². The monoisotopic (exact) mass is 402 g/mol. The van der Waals surface area contributed by atoms with Gasteiger partial charge in [-0.05, 0) is 51.4 Å². The van der Waals surface area contributed by atoms with E-state index < -0.39 is 12.2 Å². The van der Waals surface area contributed by atoms with Crippen LogP contribution in [-0.2, 0) is 18.9 Å². The van der Waals surface area contributed by atoms with Gasteiger partial charge in [0.2, 0.25) is 0 Å². The molecule has 2 unspecified atom stereocenters. The van der Waals surface area contributed by atoms with E-state index in [1.165, 1.54) is 0 Å². The minimum Gasteiger partial charge on any atom is -0.390 e. The summed E-state index contributed by atoms with van der Waals surface area (Å²) < 4.78 is 23.8. The van der Waals surface area contributed by atoms with Crippen LogP contribution in [0.25, 0.3) is 0 Å². The molecule has 8 nitrogen and oxygen atoms in total. The zero-order chi connectivity index (χ0) is 19.9. The Morgan fingerprint density at radius 2 is 1.00 bits per heavy atom. The Bertz CT molecular complexity index is 456. The summed E-state index contributed by atoms with van der Waals surface area (Å²) in [5, 5.41) is 20.9. The first-order chi connectivity index (χ1) is 13.5. The molecule has 3 aliphatic rings. The van der Waals surface area contributed by atoms with Gasteiger partial charge >= 0.3 is 0 Å². The number of ether oxygens (including phenoxy) is 4. The van der Waals surface area contributed by atoms with E-state index in [0.29, 0.717) is 52.1 Å². The maximum atomic E-state index is 10.6. The fourth-order valence-corrected chi connectivity index (χ4v) is 4.48. The summed E-state index contributed by atoms with van der Waals surface area (Å²) in [6, 6.07) is -0.0725. The predicted molar refractivity (Wildman–Crippen MR) is 104 cm³/mol. The van der Waals surface area contributed by atoms with Crippen molar-refractivity contribution in [2.45, 2.75) is 100 Å². The van der Waals surface area contributed by atoms with Gasteiger partial charge in [0.15, 0.2) is 0 Å². The Kier molecular flexibility index (Phi) is 8.93. The number of nitrogens with two attached hydrogens (primary N) is 2. The Hall–Kier alpha value is -0.320. The molecule has 3 fully saturated rings. The number of fused-ring (bicyclic) bond motifs is 3. The van der Waals surface area contributed by atoms with Gasteiger partial charge in [-0.2, -0.15) is 0 Å². The lowest BCUT2D eigenvalue weighted by molar-refractivity contribution is -0.146. The topological polar surface area (TPSA) is 129 Å². The van der Waals surface area contributed by atoms with Gasteiger partial charge in [0.05, 0.1) is 24.4 Å². The van der Waals surface area contributed by atoms with Crippen molar-refractivity contribution in [1.82, 2.24) is 0 Å². The number of aliphatic hydroxyl groups is 2. The lowest BCUT2D eigenvalue weighted by Gasteiger charge is -2.38. The molecule has 0 aromatic heterocycles. The quantitative estimate of drug-likeness (QED) is 0.448. The summed E-state index contributed by atoms with van der Waals surface area (Å²) in [4.78, 5) is 0. The fraction of sp³-hybridized carbons (Fsp3) is 1.00. The van der Waals surface area contributed by atoms with Crippen molar-refractivity contribution in [3.8, 4) is 0 Å². The summed E-state index contributed by atoms with van der Waals surface area (Å²) in [5.74, 6) is 0. The highest BCUT2D eigenvalue weighted by Crippen LogP contribution is 2.26. The SMILES string of the molecule is NC1C[C@H]2OCCCCO[C@@H]3[C@H](O)C[C@H](N)C[C@H]3OCCCCO[C@H](C1)C2O. The van der Waals surface area contributed by atoms with Gasteiger partial charge in [0.1, 0.15) is 12.2 Å². The highest BCUT2D eigenvalue weighted by Gasteiger charge is 2.38. The van der Waals surface area contributed by atoms with Crippen LogP contribution in [-0.4, -0.2) is 85.3 Å². The average molecular weight is 403 g/mol.